The Balaban J connectivity index is 1.89. The fourth-order valence-corrected chi connectivity index (χ4v) is 5.68. The van der Waals surface area contributed by atoms with E-state index in [4.69, 9.17) is 38.3 Å². The Morgan fingerprint density at radius 3 is 2.64 bits per heavy atom. The number of nitrogens with zero attached hydrogens (tertiary/aromatic N) is 4. The van der Waals surface area contributed by atoms with Crippen LogP contribution in [0.2, 0.25) is 0 Å². The van der Waals surface area contributed by atoms with Crippen molar-refractivity contribution in [2.75, 3.05) is 71.1 Å². The summed E-state index contributed by atoms with van der Waals surface area (Å²) in [4.78, 5) is 52.2. The first-order valence-corrected chi connectivity index (χ1v) is 16.9. The molecule has 1 aliphatic heterocycles. The number of carbonyl (C=O) groups is 1. The van der Waals surface area contributed by atoms with E-state index >= 15 is 0 Å². The van der Waals surface area contributed by atoms with Crippen LogP contribution in [0.5, 0.6) is 0 Å². The molecule has 0 spiro atoms. The summed E-state index contributed by atoms with van der Waals surface area (Å²) in [6, 6.07) is 0. The summed E-state index contributed by atoms with van der Waals surface area (Å²) < 4.78 is 51.9. The number of hydrogen-bond acceptors (Lipinski definition) is 14. The van der Waals surface area contributed by atoms with Crippen molar-refractivity contribution < 1.29 is 52.1 Å². The van der Waals surface area contributed by atoms with Gasteiger partial charge in [0.1, 0.15) is 23.9 Å². The number of azide groups is 1. The number of ether oxygens (including phenoxy) is 5. The minimum absolute atomic E-state index is 0.0672. The van der Waals surface area contributed by atoms with Gasteiger partial charge in [0.15, 0.2) is 0 Å². The fourth-order valence-electron chi connectivity index (χ4n) is 4.09. The van der Waals surface area contributed by atoms with E-state index < -0.39 is 62.1 Å². The Bertz CT molecular complexity index is 1280. The highest BCUT2D eigenvalue weighted by Crippen LogP contribution is 2.49. The molecule has 0 aromatic carbocycles. The number of phosphoric ester groups is 1. The topological polar surface area (TPSA) is 243 Å². The van der Waals surface area contributed by atoms with Crippen molar-refractivity contribution in [2.45, 2.75) is 52.0 Å². The minimum atomic E-state index is -4.83. The van der Waals surface area contributed by atoms with Gasteiger partial charge in [0.25, 0.3) is 5.56 Å². The Morgan fingerprint density at radius 2 is 1.98 bits per heavy atom. The predicted octanol–water partition coefficient (Wildman–Crippen LogP) is 1.64. The van der Waals surface area contributed by atoms with Crippen molar-refractivity contribution in [3.05, 3.63) is 43.0 Å². The van der Waals surface area contributed by atoms with Gasteiger partial charge in [0, 0.05) is 35.4 Å². The van der Waals surface area contributed by atoms with Crippen molar-refractivity contribution in [1.29, 1.82) is 0 Å². The highest BCUT2D eigenvalue weighted by atomic mass is 32.2. The predicted molar refractivity (Wildman–Crippen MR) is 161 cm³/mol. The van der Waals surface area contributed by atoms with E-state index in [1.165, 1.54) is 24.9 Å². The molecule has 0 radical (unpaired) electrons. The van der Waals surface area contributed by atoms with Gasteiger partial charge in [-0.15, -0.1) is 11.8 Å². The maximum Gasteiger partial charge on any atom is 0.472 e. The number of phosphoric acid groups is 1. The van der Waals surface area contributed by atoms with Crippen LogP contribution in [0.3, 0.4) is 0 Å². The summed E-state index contributed by atoms with van der Waals surface area (Å²) in [5, 5.41) is 13.1. The van der Waals surface area contributed by atoms with E-state index in [0.29, 0.717) is 32.2 Å². The molecule has 5 atom stereocenters. The Morgan fingerprint density at radius 1 is 1.24 bits per heavy atom. The van der Waals surface area contributed by atoms with Gasteiger partial charge in [-0.25, -0.2) is 9.36 Å². The largest absolute Gasteiger partial charge is 0.472 e. The number of aliphatic hydroxyl groups excluding tert-OH is 1. The van der Waals surface area contributed by atoms with Gasteiger partial charge >= 0.3 is 19.5 Å². The molecule has 1 saturated heterocycles. The van der Waals surface area contributed by atoms with Gasteiger partial charge in [0.2, 0.25) is 0 Å². The number of H-pyrrole nitrogens is 1. The molecule has 20 heteroatoms. The van der Waals surface area contributed by atoms with Crippen LogP contribution in [0.1, 0.15) is 38.5 Å². The zero-order valence-electron chi connectivity index (χ0n) is 25.5. The quantitative estimate of drug-likeness (QED) is 0.0283. The number of nitrogens with one attached hydrogen (secondary N) is 1. The molecule has 18 nitrogen and oxygen atoms in total. The lowest BCUT2D eigenvalue weighted by Crippen LogP contribution is -2.41. The second kappa shape index (κ2) is 20.1. The van der Waals surface area contributed by atoms with Crippen LogP contribution in [-0.2, 0) is 42.1 Å². The van der Waals surface area contributed by atoms with Crippen LogP contribution in [0.4, 0.5) is 0 Å². The van der Waals surface area contributed by atoms with E-state index in [1.54, 1.807) is 13.8 Å². The molecule has 0 amide bonds. The normalized spacial score (nSPS) is 20.7. The molecule has 0 saturated carbocycles. The van der Waals surface area contributed by atoms with Gasteiger partial charge in [-0.3, -0.25) is 28.2 Å². The number of rotatable bonds is 23. The van der Waals surface area contributed by atoms with E-state index in [9.17, 15) is 28.9 Å². The number of aromatic amines is 1. The van der Waals surface area contributed by atoms with Gasteiger partial charge in [-0.05, 0) is 25.8 Å². The Hall–Kier alpha value is -2.28. The molecular formula is C25H42N5O13PS. The molecule has 2 heterocycles. The van der Waals surface area contributed by atoms with Crippen molar-refractivity contribution in [2.24, 2.45) is 10.5 Å². The number of esters is 1. The van der Waals surface area contributed by atoms with Crippen LogP contribution >= 0.6 is 19.6 Å². The zero-order valence-corrected chi connectivity index (χ0v) is 27.2. The molecule has 3 N–H and O–H groups in total. The second-order valence-electron chi connectivity index (χ2n) is 9.82. The monoisotopic (exact) mass is 683 g/mol. The second-order valence-corrected chi connectivity index (χ2v) is 12.3. The average molecular weight is 684 g/mol. The van der Waals surface area contributed by atoms with Crippen LogP contribution in [0, 0.1) is 12.3 Å². The summed E-state index contributed by atoms with van der Waals surface area (Å²) >= 11 is 1.41. The van der Waals surface area contributed by atoms with E-state index in [2.05, 4.69) is 15.0 Å². The summed E-state index contributed by atoms with van der Waals surface area (Å²) in [7, 11) is -4.83. The number of aromatic nitrogens is 2. The number of hydrogen-bond donors (Lipinski definition) is 3. The molecule has 45 heavy (non-hydrogen) atoms. The third-order valence-electron chi connectivity index (χ3n) is 6.66. The van der Waals surface area contributed by atoms with Crippen molar-refractivity contribution in [3.8, 4) is 0 Å². The highest BCUT2D eigenvalue weighted by Gasteiger charge is 2.45. The third-order valence-corrected chi connectivity index (χ3v) is 8.44. The standard InChI is InChI=1S/C25H42N5O13PS/c1-4-25(23(33)40-5-2,15-39-17-45-11-10-38-9-8-37-7-6-27-29-26)16-41-44(35,36)43-19-12-21(42-20(19)14-31)30-13-18(3)22(32)28-24(30)34/h13,19-21,31H,4-12,14-17H2,1-3H3,(H,35,36)(H,28,32,34)/t19?,20-,21-,25?/m1/s1. The molecule has 1 fully saturated rings. The molecule has 256 valence electrons. The summed E-state index contributed by atoms with van der Waals surface area (Å²) in [6.45, 7) is 5.28. The summed E-state index contributed by atoms with van der Waals surface area (Å²) in [5.41, 5.74) is 5.70. The van der Waals surface area contributed by atoms with Gasteiger partial charge in [0.05, 0.1) is 58.8 Å². The Kier molecular flexibility index (Phi) is 17.3. The third kappa shape index (κ3) is 12.8. The lowest BCUT2D eigenvalue weighted by atomic mass is 9.87. The Labute approximate surface area is 263 Å². The van der Waals surface area contributed by atoms with Gasteiger partial charge in [-0.2, -0.15) is 0 Å². The lowest BCUT2D eigenvalue weighted by molar-refractivity contribution is -0.162. The molecular weight excluding hydrogens is 641 g/mol. The fraction of sp³-hybridized carbons (Fsp3) is 0.800. The zero-order chi connectivity index (χ0) is 33.3. The number of carbonyl (C=O) groups excluding carboxylic acids is 1. The van der Waals surface area contributed by atoms with E-state index in [1.807, 2.05) is 0 Å². The van der Waals surface area contributed by atoms with Crippen LogP contribution in [-0.4, -0.2) is 109 Å². The summed E-state index contributed by atoms with van der Waals surface area (Å²) in [6.07, 6.45) is -1.92. The number of aryl methyl sites for hydroxylation is 1. The first kappa shape index (κ1) is 38.9. The van der Waals surface area contributed by atoms with Gasteiger partial charge in [-0.1, -0.05) is 12.0 Å². The van der Waals surface area contributed by atoms with Crippen LogP contribution in [0.25, 0.3) is 10.4 Å². The average Bonchev–Trinajstić information content (AvgIpc) is 3.40. The lowest BCUT2D eigenvalue weighted by Gasteiger charge is -2.30. The molecule has 1 aromatic heterocycles. The number of aliphatic hydroxyl groups is 1. The van der Waals surface area contributed by atoms with Gasteiger partial charge < -0.3 is 33.7 Å². The summed E-state index contributed by atoms with van der Waals surface area (Å²) in [5.74, 6) is 0.115. The molecule has 0 aliphatic carbocycles. The molecule has 2 rings (SSSR count). The van der Waals surface area contributed by atoms with E-state index in [-0.39, 0.29) is 44.1 Å². The maximum absolute atomic E-state index is 13.0. The SMILES string of the molecule is CCOC(=O)C(CC)(COCSCCOCCOCCN=[N+]=[N-])COP(=O)(O)OC1C[C@H](n2cc(C)c(=O)[nH]c2=O)O[C@@H]1CO. The first-order chi connectivity index (χ1) is 21.5. The molecule has 0 bridgehead atoms. The maximum atomic E-state index is 13.0. The van der Waals surface area contributed by atoms with Crippen LogP contribution < -0.4 is 11.2 Å². The molecule has 3 unspecified atom stereocenters. The molecule has 1 aromatic rings. The highest BCUT2D eigenvalue weighted by molar-refractivity contribution is 7.99. The molecule has 1 aliphatic rings. The van der Waals surface area contributed by atoms with Crippen molar-refractivity contribution in [1.82, 2.24) is 9.55 Å². The van der Waals surface area contributed by atoms with Crippen LogP contribution in [0.15, 0.2) is 20.9 Å². The van der Waals surface area contributed by atoms with E-state index in [0.717, 1.165) is 4.57 Å². The smallest absolute Gasteiger partial charge is 0.465 e. The van der Waals surface area contributed by atoms with Crippen molar-refractivity contribution >= 4 is 25.6 Å². The minimum Gasteiger partial charge on any atom is -0.465 e. The van der Waals surface area contributed by atoms with Crippen molar-refractivity contribution in [3.63, 3.8) is 0 Å². The number of thioether (sulfide) groups is 1. The first-order valence-electron chi connectivity index (χ1n) is 14.3.